The summed E-state index contributed by atoms with van der Waals surface area (Å²) in [6.45, 7) is 5.09. The number of benzene rings is 1. The second kappa shape index (κ2) is 9.61. The Bertz CT molecular complexity index is 1070. The number of nitrogens with one attached hydrogen (secondary N) is 1. The average molecular weight is 435 g/mol. The van der Waals surface area contributed by atoms with Crippen LogP contribution in [-0.2, 0) is 6.54 Å². The van der Waals surface area contributed by atoms with Crippen molar-refractivity contribution in [2.45, 2.75) is 25.8 Å². The van der Waals surface area contributed by atoms with Crippen molar-refractivity contribution in [1.29, 1.82) is 0 Å². The number of pyridine rings is 2. The number of hydrogen-bond donors (Lipinski definition) is 1. The molecular formula is C25H30N4O3. The summed E-state index contributed by atoms with van der Waals surface area (Å²) < 4.78 is 16.6. The number of ether oxygens (including phenoxy) is 3. The zero-order valence-electron chi connectivity index (χ0n) is 18.5. The fourth-order valence-corrected chi connectivity index (χ4v) is 4.58. The third kappa shape index (κ3) is 4.58. The van der Waals surface area contributed by atoms with Gasteiger partial charge in [0.25, 0.3) is 0 Å². The molecule has 5 rings (SSSR count). The normalized spacial score (nSPS) is 16.3. The van der Waals surface area contributed by atoms with Gasteiger partial charge in [-0.05, 0) is 56.0 Å². The predicted molar refractivity (Wildman–Crippen MR) is 125 cm³/mol. The summed E-state index contributed by atoms with van der Waals surface area (Å²) in [6, 6.07) is 10.2. The molecule has 1 aromatic carbocycles. The highest BCUT2D eigenvalue weighted by molar-refractivity contribution is 5.92. The van der Waals surface area contributed by atoms with Crippen molar-refractivity contribution in [1.82, 2.24) is 15.3 Å². The van der Waals surface area contributed by atoms with Crippen molar-refractivity contribution in [3.63, 3.8) is 0 Å². The minimum Gasteiger partial charge on any atom is -0.497 e. The molecule has 0 aliphatic carbocycles. The molecule has 0 saturated carbocycles. The largest absolute Gasteiger partial charge is 0.497 e. The molecule has 2 aromatic heterocycles. The van der Waals surface area contributed by atoms with Crippen molar-refractivity contribution in [3.8, 4) is 17.2 Å². The van der Waals surface area contributed by atoms with Gasteiger partial charge >= 0.3 is 0 Å². The van der Waals surface area contributed by atoms with Crippen LogP contribution in [0.5, 0.6) is 17.2 Å². The first-order valence-corrected chi connectivity index (χ1v) is 11.4. The Kier molecular flexibility index (Phi) is 6.25. The summed E-state index contributed by atoms with van der Waals surface area (Å²) in [6.07, 6.45) is 7.27. The lowest BCUT2D eigenvalue weighted by atomic mass is 9.93. The molecule has 1 fully saturated rings. The highest BCUT2D eigenvalue weighted by Crippen LogP contribution is 2.32. The van der Waals surface area contributed by atoms with E-state index in [-0.39, 0.29) is 0 Å². The monoisotopic (exact) mass is 434 g/mol. The summed E-state index contributed by atoms with van der Waals surface area (Å²) in [5.41, 5.74) is 3.27. The van der Waals surface area contributed by atoms with E-state index in [9.17, 15) is 0 Å². The van der Waals surface area contributed by atoms with Crippen molar-refractivity contribution in [2.24, 2.45) is 5.92 Å². The number of anilines is 1. The molecule has 2 aliphatic heterocycles. The molecule has 0 unspecified atom stereocenters. The Morgan fingerprint density at radius 1 is 1.06 bits per heavy atom. The van der Waals surface area contributed by atoms with E-state index in [0.29, 0.717) is 13.2 Å². The molecule has 0 atom stereocenters. The highest BCUT2D eigenvalue weighted by Gasteiger charge is 2.21. The van der Waals surface area contributed by atoms with Crippen LogP contribution in [0.3, 0.4) is 0 Å². The van der Waals surface area contributed by atoms with Crippen LogP contribution in [0.4, 0.5) is 5.69 Å². The molecule has 7 nitrogen and oxygen atoms in total. The quantitative estimate of drug-likeness (QED) is 0.567. The fourth-order valence-electron chi connectivity index (χ4n) is 4.58. The zero-order chi connectivity index (χ0) is 21.8. The van der Waals surface area contributed by atoms with Gasteiger partial charge in [-0.3, -0.25) is 9.97 Å². The molecule has 4 heterocycles. The minimum atomic E-state index is 0.594. The van der Waals surface area contributed by atoms with Gasteiger partial charge in [-0.1, -0.05) is 0 Å². The third-order valence-electron chi connectivity index (χ3n) is 6.40. The van der Waals surface area contributed by atoms with E-state index >= 15 is 0 Å². The first-order chi connectivity index (χ1) is 15.8. The molecule has 168 valence electrons. The van der Waals surface area contributed by atoms with Gasteiger partial charge in [0, 0.05) is 43.0 Å². The first kappa shape index (κ1) is 20.8. The molecule has 2 aliphatic rings. The van der Waals surface area contributed by atoms with Crippen molar-refractivity contribution in [3.05, 3.63) is 48.4 Å². The van der Waals surface area contributed by atoms with Crippen LogP contribution < -0.4 is 24.4 Å². The van der Waals surface area contributed by atoms with Gasteiger partial charge in [0.05, 0.1) is 24.5 Å². The lowest BCUT2D eigenvalue weighted by molar-refractivity contribution is 0.170. The number of methoxy groups -OCH3 is 1. The molecule has 0 spiro atoms. The molecule has 32 heavy (non-hydrogen) atoms. The Labute approximate surface area is 188 Å². The van der Waals surface area contributed by atoms with Crippen molar-refractivity contribution in [2.75, 3.05) is 44.9 Å². The molecular weight excluding hydrogens is 404 g/mol. The number of fused-ring (bicyclic) bond motifs is 2. The van der Waals surface area contributed by atoms with Gasteiger partial charge in [0.1, 0.15) is 19.0 Å². The maximum atomic E-state index is 5.64. The van der Waals surface area contributed by atoms with E-state index in [2.05, 4.69) is 32.3 Å². The van der Waals surface area contributed by atoms with Gasteiger partial charge in [0.15, 0.2) is 11.5 Å². The van der Waals surface area contributed by atoms with Gasteiger partial charge in [-0.25, -0.2) is 0 Å². The smallest absolute Gasteiger partial charge is 0.179 e. The Hall–Kier alpha value is -3.06. The molecule has 7 heteroatoms. The van der Waals surface area contributed by atoms with Crippen LogP contribution in [0, 0.1) is 5.92 Å². The van der Waals surface area contributed by atoms with Crippen LogP contribution in [0.1, 0.15) is 25.0 Å². The Morgan fingerprint density at radius 3 is 2.75 bits per heavy atom. The van der Waals surface area contributed by atoms with E-state index in [0.717, 1.165) is 60.6 Å². The lowest BCUT2D eigenvalue weighted by Crippen LogP contribution is -2.34. The van der Waals surface area contributed by atoms with Crippen molar-refractivity contribution >= 4 is 16.6 Å². The predicted octanol–water partition coefficient (Wildman–Crippen LogP) is 3.81. The standard InChI is InChI=1S/C25H30N4O3/c1-30-20-2-3-22-21(15-20)23(5-9-27-22)29-10-6-18(7-11-29)4-8-26-16-19-14-24-25(17-28-19)32-13-12-31-24/h2-3,5,9,14-15,17-18,26H,4,6-8,10-13,16H2,1H3. The second-order valence-electron chi connectivity index (χ2n) is 8.43. The Morgan fingerprint density at radius 2 is 1.91 bits per heavy atom. The van der Waals surface area contributed by atoms with E-state index in [1.54, 1.807) is 13.3 Å². The summed E-state index contributed by atoms with van der Waals surface area (Å²) in [7, 11) is 1.71. The van der Waals surface area contributed by atoms with Crippen LogP contribution in [-0.4, -0.2) is 49.9 Å². The van der Waals surface area contributed by atoms with Crippen molar-refractivity contribution < 1.29 is 14.2 Å². The fraction of sp³-hybridized carbons (Fsp3) is 0.440. The van der Waals surface area contributed by atoms with Crippen LogP contribution >= 0.6 is 0 Å². The van der Waals surface area contributed by atoms with Gasteiger partial charge in [0.2, 0.25) is 0 Å². The number of nitrogens with zero attached hydrogens (tertiary/aromatic N) is 3. The van der Waals surface area contributed by atoms with Crippen LogP contribution in [0.2, 0.25) is 0 Å². The van der Waals surface area contributed by atoms with E-state index in [1.165, 1.54) is 30.3 Å². The first-order valence-electron chi connectivity index (χ1n) is 11.4. The second-order valence-corrected chi connectivity index (χ2v) is 8.43. The highest BCUT2D eigenvalue weighted by atomic mass is 16.6. The SMILES string of the molecule is COc1ccc2nccc(N3CCC(CCNCc4cc5c(cn4)OCCO5)CC3)c2c1. The maximum Gasteiger partial charge on any atom is 0.179 e. The van der Waals surface area contributed by atoms with E-state index in [4.69, 9.17) is 14.2 Å². The zero-order valence-corrected chi connectivity index (χ0v) is 18.5. The van der Waals surface area contributed by atoms with Gasteiger partial charge < -0.3 is 24.4 Å². The van der Waals surface area contributed by atoms with E-state index in [1.807, 2.05) is 24.4 Å². The summed E-state index contributed by atoms with van der Waals surface area (Å²) in [5.74, 6) is 3.17. The molecule has 0 amide bonds. The number of piperidine rings is 1. The summed E-state index contributed by atoms with van der Waals surface area (Å²) in [4.78, 5) is 11.5. The van der Waals surface area contributed by atoms with Gasteiger partial charge in [-0.2, -0.15) is 0 Å². The molecule has 1 saturated heterocycles. The maximum absolute atomic E-state index is 5.64. The molecule has 0 radical (unpaired) electrons. The van der Waals surface area contributed by atoms with E-state index < -0.39 is 0 Å². The minimum absolute atomic E-state index is 0.594. The number of rotatable bonds is 7. The summed E-state index contributed by atoms with van der Waals surface area (Å²) in [5, 5.41) is 4.71. The molecule has 0 bridgehead atoms. The van der Waals surface area contributed by atoms with Crippen LogP contribution in [0.15, 0.2) is 42.7 Å². The lowest BCUT2D eigenvalue weighted by Gasteiger charge is -2.34. The summed E-state index contributed by atoms with van der Waals surface area (Å²) >= 11 is 0. The van der Waals surface area contributed by atoms with Gasteiger partial charge in [-0.15, -0.1) is 0 Å². The third-order valence-corrected chi connectivity index (χ3v) is 6.40. The number of hydrogen-bond acceptors (Lipinski definition) is 7. The topological polar surface area (TPSA) is 68.7 Å². The number of aromatic nitrogens is 2. The molecule has 1 N–H and O–H groups in total. The Balaban J connectivity index is 1.11. The molecule has 3 aromatic rings. The average Bonchev–Trinajstić information content (AvgIpc) is 2.86. The van der Waals surface area contributed by atoms with Crippen LogP contribution in [0.25, 0.3) is 10.9 Å².